The maximum atomic E-state index is 12.4. The van der Waals surface area contributed by atoms with Crippen LogP contribution in [0.15, 0.2) is 0 Å². The van der Waals surface area contributed by atoms with Gasteiger partial charge in [0.05, 0.1) is 6.10 Å². The fourth-order valence-electron chi connectivity index (χ4n) is 11.5. The normalized spacial score (nSPS) is 58.0. The summed E-state index contributed by atoms with van der Waals surface area (Å²) in [5, 5.41) is 10.9. The molecule has 6 rings (SSSR count). The minimum Gasteiger partial charge on any atom is -0.462 e. The van der Waals surface area contributed by atoms with E-state index in [0.29, 0.717) is 18.3 Å². The molecule has 1 aliphatic heterocycles. The van der Waals surface area contributed by atoms with Crippen molar-refractivity contribution >= 4 is 11.9 Å². The van der Waals surface area contributed by atoms with Gasteiger partial charge in [-0.1, -0.05) is 34.6 Å². The van der Waals surface area contributed by atoms with Crippen molar-refractivity contribution in [2.45, 2.75) is 111 Å². The van der Waals surface area contributed by atoms with Gasteiger partial charge in [0.2, 0.25) is 0 Å². The third-order valence-corrected chi connectivity index (χ3v) is 12.8. The topological polar surface area (TPSA) is 72.8 Å². The Kier molecular flexibility index (Phi) is 4.31. The zero-order chi connectivity index (χ0) is 23.8. The molecule has 6 unspecified atom stereocenters. The van der Waals surface area contributed by atoms with Crippen LogP contribution < -0.4 is 0 Å². The standard InChI is InChI=1S/C28H42O5/c1-15-11-22(31)33-17-12-25(5)19-8-7-18-24(3,4)20(30)9-10-27(18)14-28(19,27)13-21(32-16(2)29)26(25,6)23(15)17/h15,17-21,23,30H,7-14H2,1-6H3/t15-,17?,18?,19?,20+,21-,23?,25+,26-,27?,28?/m1/s1. The summed E-state index contributed by atoms with van der Waals surface area (Å²) in [6.45, 7) is 13.1. The average Bonchev–Trinajstić information content (AvgIpc) is 3.28. The van der Waals surface area contributed by atoms with Gasteiger partial charge in [-0.15, -0.1) is 0 Å². The predicted octanol–water partition coefficient (Wildman–Crippen LogP) is 4.89. The maximum Gasteiger partial charge on any atom is 0.306 e. The molecule has 184 valence electrons. The Morgan fingerprint density at radius 3 is 2.45 bits per heavy atom. The summed E-state index contributed by atoms with van der Waals surface area (Å²) in [6.07, 6.45) is 7.38. The third kappa shape index (κ3) is 2.39. The van der Waals surface area contributed by atoms with E-state index in [1.54, 1.807) is 6.92 Å². The number of fused-ring (bicyclic) bond motifs is 4. The highest BCUT2D eigenvalue weighted by Gasteiger charge is 2.85. The SMILES string of the molecule is CC(=O)O[C@@H]1CC23CC24CC[C@H](O)C(C)(C)C4CCC3[C@]2(C)CC3OC(=O)C[C@@H](C)C3[C@@]12C. The first-order valence-corrected chi connectivity index (χ1v) is 13.4. The molecule has 5 heteroatoms. The van der Waals surface area contributed by atoms with E-state index in [1.165, 1.54) is 19.3 Å². The lowest BCUT2D eigenvalue weighted by Gasteiger charge is -2.64. The molecule has 6 fully saturated rings. The number of esters is 2. The van der Waals surface area contributed by atoms with Crippen LogP contribution in [0.3, 0.4) is 0 Å². The Morgan fingerprint density at radius 2 is 1.76 bits per heavy atom. The summed E-state index contributed by atoms with van der Waals surface area (Å²) in [4.78, 5) is 24.8. The quantitative estimate of drug-likeness (QED) is 0.567. The molecule has 0 radical (unpaired) electrons. The highest BCUT2D eigenvalue weighted by Crippen LogP contribution is 2.89. The highest BCUT2D eigenvalue weighted by atomic mass is 16.6. The van der Waals surface area contributed by atoms with Crippen LogP contribution >= 0.6 is 0 Å². The van der Waals surface area contributed by atoms with Gasteiger partial charge in [-0.2, -0.15) is 0 Å². The zero-order valence-corrected chi connectivity index (χ0v) is 21.3. The summed E-state index contributed by atoms with van der Waals surface area (Å²) in [5.74, 6) is 1.30. The third-order valence-electron chi connectivity index (χ3n) is 12.8. The Labute approximate surface area is 198 Å². The van der Waals surface area contributed by atoms with E-state index in [-0.39, 0.29) is 69.2 Å². The van der Waals surface area contributed by atoms with E-state index in [4.69, 9.17) is 9.47 Å². The van der Waals surface area contributed by atoms with Crippen LogP contribution in [0.25, 0.3) is 0 Å². The van der Waals surface area contributed by atoms with Gasteiger partial charge in [-0.3, -0.25) is 9.59 Å². The lowest BCUT2D eigenvalue weighted by molar-refractivity contribution is -0.221. The molecule has 0 aromatic carbocycles. The molecule has 5 aliphatic carbocycles. The van der Waals surface area contributed by atoms with Gasteiger partial charge >= 0.3 is 11.9 Å². The number of ether oxygens (including phenoxy) is 2. The van der Waals surface area contributed by atoms with E-state index >= 15 is 0 Å². The second-order valence-electron chi connectivity index (χ2n) is 14.0. The van der Waals surface area contributed by atoms with Gasteiger partial charge in [0.25, 0.3) is 0 Å². The van der Waals surface area contributed by atoms with Crippen molar-refractivity contribution in [3.8, 4) is 0 Å². The number of rotatable bonds is 1. The van der Waals surface area contributed by atoms with Crippen LogP contribution in [-0.2, 0) is 19.1 Å². The van der Waals surface area contributed by atoms with Crippen LogP contribution in [0, 0.1) is 50.7 Å². The Morgan fingerprint density at radius 1 is 1.06 bits per heavy atom. The molecule has 2 spiro atoms. The van der Waals surface area contributed by atoms with Crippen LogP contribution in [-0.4, -0.2) is 35.4 Å². The maximum absolute atomic E-state index is 12.4. The van der Waals surface area contributed by atoms with Gasteiger partial charge in [-0.25, -0.2) is 0 Å². The van der Waals surface area contributed by atoms with Crippen LogP contribution in [0.1, 0.15) is 92.9 Å². The summed E-state index contributed by atoms with van der Waals surface area (Å²) in [6, 6.07) is 0. The molecule has 1 N–H and O–H groups in total. The van der Waals surface area contributed by atoms with E-state index < -0.39 is 0 Å². The minimum atomic E-state index is -0.231. The summed E-state index contributed by atoms with van der Waals surface area (Å²) in [7, 11) is 0. The fraction of sp³-hybridized carbons (Fsp3) is 0.929. The van der Waals surface area contributed by atoms with Gasteiger partial charge in [0, 0.05) is 24.7 Å². The molecule has 1 heterocycles. The first-order chi connectivity index (χ1) is 15.3. The summed E-state index contributed by atoms with van der Waals surface area (Å²) in [5.41, 5.74) is 0.146. The van der Waals surface area contributed by atoms with Gasteiger partial charge < -0.3 is 14.6 Å². The summed E-state index contributed by atoms with van der Waals surface area (Å²) < 4.78 is 12.3. The van der Waals surface area contributed by atoms with Crippen molar-refractivity contribution in [2.24, 2.45) is 50.7 Å². The van der Waals surface area contributed by atoms with Crippen molar-refractivity contribution in [3.63, 3.8) is 0 Å². The molecular weight excluding hydrogens is 416 g/mol. The number of aliphatic hydroxyl groups is 1. The smallest absolute Gasteiger partial charge is 0.306 e. The van der Waals surface area contributed by atoms with E-state index in [9.17, 15) is 14.7 Å². The molecule has 33 heavy (non-hydrogen) atoms. The highest BCUT2D eigenvalue weighted by molar-refractivity contribution is 5.71. The molecule has 5 saturated carbocycles. The fourth-order valence-corrected chi connectivity index (χ4v) is 11.5. The van der Waals surface area contributed by atoms with Crippen molar-refractivity contribution in [2.75, 3.05) is 0 Å². The van der Waals surface area contributed by atoms with E-state index in [1.807, 2.05) is 0 Å². The average molecular weight is 459 g/mol. The molecule has 11 atom stereocenters. The second-order valence-corrected chi connectivity index (χ2v) is 14.0. The van der Waals surface area contributed by atoms with Crippen molar-refractivity contribution in [3.05, 3.63) is 0 Å². The number of aliphatic hydroxyl groups excluding tert-OH is 1. The lowest BCUT2D eigenvalue weighted by Crippen LogP contribution is -2.63. The Bertz CT molecular complexity index is 912. The molecule has 1 saturated heterocycles. The number of hydrogen-bond donors (Lipinski definition) is 1. The number of carbonyl (C=O) groups is 2. The first kappa shape index (κ1) is 22.4. The van der Waals surface area contributed by atoms with Crippen LogP contribution in [0.4, 0.5) is 0 Å². The van der Waals surface area contributed by atoms with E-state index in [0.717, 1.165) is 25.7 Å². The van der Waals surface area contributed by atoms with Crippen LogP contribution in [0.5, 0.6) is 0 Å². The monoisotopic (exact) mass is 458 g/mol. The molecule has 5 nitrogen and oxygen atoms in total. The van der Waals surface area contributed by atoms with Crippen molar-refractivity contribution < 1.29 is 24.2 Å². The summed E-state index contributed by atoms with van der Waals surface area (Å²) >= 11 is 0. The predicted molar refractivity (Wildman–Crippen MR) is 123 cm³/mol. The van der Waals surface area contributed by atoms with Crippen LogP contribution in [0.2, 0.25) is 0 Å². The second kappa shape index (κ2) is 6.36. The molecule has 0 aromatic rings. The minimum absolute atomic E-state index is 0.0335. The number of hydrogen-bond acceptors (Lipinski definition) is 5. The largest absolute Gasteiger partial charge is 0.462 e. The van der Waals surface area contributed by atoms with Crippen molar-refractivity contribution in [1.82, 2.24) is 0 Å². The number of carbonyl (C=O) groups excluding carboxylic acids is 2. The first-order valence-electron chi connectivity index (χ1n) is 13.4. The van der Waals surface area contributed by atoms with Crippen molar-refractivity contribution in [1.29, 1.82) is 0 Å². The molecular formula is C28H42O5. The molecule has 0 amide bonds. The van der Waals surface area contributed by atoms with Gasteiger partial charge in [-0.05, 0) is 84.4 Å². The zero-order valence-electron chi connectivity index (χ0n) is 21.3. The lowest BCUT2D eigenvalue weighted by atomic mass is 9.41. The molecule has 6 aliphatic rings. The van der Waals surface area contributed by atoms with Gasteiger partial charge in [0.15, 0.2) is 0 Å². The van der Waals surface area contributed by atoms with E-state index in [2.05, 4.69) is 34.6 Å². The molecule has 0 aromatic heterocycles. The van der Waals surface area contributed by atoms with Gasteiger partial charge in [0.1, 0.15) is 12.2 Å². The Balaban J connectivity index is 1.47. The Hall–Kier alpha value is -1.10. The molecule has 0 bridgehead atoms.